The summed E-state index contributed by atoms with van der Waals surface area (Å²) < 4.78 is 1.36. The van der Waals surface area contributed by atoms with Gasteiger partial charge in [-0.2, -0.15) is 14.9 Å². The molecule has 0 saturated heterocycles. The molecule has 1 aromatic heterocycles. The topological polar surface area (TPSA) is 63.0 Å². The lowest BCUT2D eigenvalue weighted by Crippen LogP contribution is -2.17. The molecule has 0 aliphatic heterocycles. The monoisotopic (exact) mass is 224 g/mol. The number of rotatable bonds is 4. The van der Waals surface area contributed by atoms with E-state index in [4.69, 9.17) is 0 Å². The normalized spacial score (nSPS) is 12.8. The summed E-state index contributed by atoms with van der Waals surface area (Å²) in [4.78, 5) is 11.5. The Kier molecular flexibility index (Phi) is 4.04. The lowest BCUT2D eigenvalue weighted by atomic mass is 10.1. The quantitative estimate of drug-likeness (QED) is 0.795. The Labute approximate surface area is 95.6 Å². The highest BCUT2D eigenvalue weighted by atomic mass is 16.2. The molecule has 5 nitrogen and oxygen atoms in total. The summed E-state index contributed by atoms with van der Waals surface area (Å²) in [6.07, 6.45) is 0.884. The Morgan fingerprint density at radius 3 is 2.56 bits per heavy atom. The minimum Gasteiger partial charge on any atom is -0.244 e. The number of hydrogen-bond acceptors (Lipinski definition) is 3. The number of aromatic amines is 1. The first-order valence-corrected chi connectivity index (χ1v) is 5.63. The largest absolute Gasteiger partial charge is 0.364 e. The maximum Gasteiger partial charge on any atom is 0.364 e. The van der Waals surface area contributed by atoms with E-state index in [1.165, 1.54) is 4.68 Å². The van der Waals surface area contributed by atoms with E-state index in [0.717, 1.165) is 12.1 Å². The summed E-state index contributed by atoms with van der Waals surface area (Å²) in [5.41, 5.74) is 0.673. The zero-order valence-corrected chi connectivity index (χ0v) is 10.6. The second kappa shape index (κ2) is 5.09. The van der Waals surface area contributed by atoms with Gasteiger partial charge >= 0.3 is 5.69 Å². The van der Waals surface area contributed by atoms with Crippen molar-refractivity contribution in [1.29, 1.82) is 0 Å². The molecule has 1 aromatic rings. The van der Waals surface area contributed by atoms with Gasteiger partial charge in [0.2, 0.25) is 0 Å². The predicted molar refractivity (Wildman–Crippen MR) is 64.9 cm³/mol. The number of nitrogens with one attached hydrogen (secondary N) is 1. The van der Waals surface area contributed by atoms with Crippen LogP contribution in [0.25, 0.3) is 0 Å². The van der Waals surface area contributed by atoms with Gasteiger partial charge in [0.1, 0.15) is 0 Å². The Hall–Kier alpha value is -1.39. The minimum atomic E-state index is -0.271. The zero-order chi connectivity index (χ0) is 12.3. The molecule has 1 heterocycles. The van der Waals surface area contributed by atoms with E-state index in [1.54, 1.807) is 0 Å². The van der Waals surface area contributed by atoms with Gasteiger partial charge in [-0.1, -0.05) is 27.7 Å². The lowest BCUT2D eigenvalue weighted by Gasteiger charge is -2.06. The summed E-state index contributed by atoms with van der Waals surface area (Å²) in [6.45, 7) is 10.2. The van der Waals surface area contributed by atoms with Gasteiger partial charge in [0.25, 0.3) is 0 Å². The molecule has 1 N–H and O–H groups in total. The summed E-state index contributed by atoms with van der Waals surface area (Å²) in [5.74, 6) is 1.39. The molecule has 0 radical (unpaired) electrons. The van der Waals surface area contributed by atoms with Crippen molar-refractivity contribution in [2.45, 2.75) is 47.0 Å². The fourth-order valence-corrected chi connectivity index (χ4v) is 1.58. The van der Waals surface area contributed by atoms with Gasteiger partial charge in [-0.05, 0) is 19.3 Å². The van der Waals surface area contributed by atoms with Crippen molar-refractivity contribution in [3.8, 4) is 0 Å². The van der Waals surface area contributed by atoms with Crippen molar-refractivity contribution < 1.29 is 0 Å². The van der Waals surface area contributed by atoms with Crippen molar-refractivity contribution in [2.24, 2.45) is 11.0 Å². The number of nitrogens with zero attached hydrogens (tertiary/aromatic N) is 3. The van der Waals surface area contributed by atoms with E-state index in [2.05, 4.69) is 29.1 Å². The van der Waals surface area contributed by atoms with Crippen molar-refractivity contribution in [2.75, 3.05) is 0 Å². The molecule has 0 amide bonds. The highest BCUT2D eigenvalue weighted by molar-refractivity contribution is 5.81. The molecule has 0 aliphatic carbocycles. The van der Waals surface area contributed by atoms with E-state index in [0.29, 0.717) is 11.7 Å². The number of H-pyrrole nitrogens is 1. The highest BCUT2D eigenvalue weighted by Crippen LogP contribution is 2.09. The van der Waals surface area contributed by atoms with Crippen LogP contribution in [-0.4, -0.2) is 20.6 Å². The van der Waals surface area contributed by atoms with Crippen LogP contribution in [0.2, 0.25) is 0 Å². The maximum absolute atomic E-state index is 11.5. The molecule has 5 heteroatoms. The SMILES string of the molecule is CC(CC(C)C)=Nn1c(C(C)C)n[nH]c1=O. The molecule has 0 aliphatic rings. The molecule has 0 saturated carbocycles. The third kappa shape index (κ3) is 3.05. The number of aromatic nitrogens is 3. The molecule has 90 valence electrons. The molecular weight excluding hydrogens is 204 g/mol. The predicted octanol–water partition coefficient (Wildman–Crippen LogP) is 1.96. The third-order valence-corrected chi connectivity index (χ3v) is 2.17. The lowest BCUT2D eigenvalue weighted by molar-refractivity contribution is 0.657. The van der Waals surface area contributed by atoms with E-state index < -0.39 is 0 Å². The van der Waals surface area contributed by atoms with Crippen LogP contribution in [0.1, 0.15) is 52.8 Å². The highest BCUT2D eigenvalue weighted by Gasteiger charge is 2.11. The van der Waals surface area contributed by atoms with Crippen LogP contribution >= 0.6 is 0 Å². The average Bonchev–Trinajstić information content (AvgIpc) is 2.46. The van der Waals surface area contributed by atoms with Crippen LogP contribution < -0.4 is 5.69 Å². The minimum absolute atomic E-state index is 0.176. The van der Waals surface area contributed by atoms with E-state index >= 15 is 0 Å². The first kappa shape index (κ1) is 12.7. The Morgan fingerprint density at radius 1 is 1.44 bits per heavy atom. The molecular formula is C11H20N4O. The van der Waals surface area contributed by atoms with E-state index in [9.17, 15) is 4.79 Å². The fraction of sp³-hybridized carbons (Fsp3) is 0.727. The van der Waals surface area contributed by atoms with Gasteiger partial charge in [-0.25, -0.2) is 9.89 Å². The van der Waals surface area contributed by atoms with Crippen molar-refractivity contribution in [3.63, 3.8) is 0 Å². The maximum atomic E-state index is 11.5. The van der Waals surface area contributed by atoms with Crippen LogP contribution in [0.5, 0.6) is 0 Å². The van der Waals surface area contributed by atoms with Crippen molar-refractivity contribution in [1.82, 2.24) is 14.9 Å². The van der Waals surface area contributed by atoms with Gasteiger partial charge < -0.3 is 0 Å². The summed E-state index contributed by atoms with van der Waals surface area (Å²) in [5, 5.41) is 10.7. The zero-order valence-electron chi connectivity index (χ0n) is 10.6. The summed E-state index contributed by atoms with van der Waals surface area (Å²) in [7, 11) is 0. The van der Waals surface area contributed by atoms with Gasteiger partial charge in [0.05, 0.1) is 0 Å². The van der Waals surface area contributed by atoms with Gasteiger partial charge in [0, 0.05) is 11.6 Å². The molecule has 0 fully saturated rings. The average molecular weight is 224 g/mol. The van der Waals surface area contributed by atoms with Gasteiger partial charge in [-0.3, -0.25) is 0 Å². The van der Waals surface area contributed by atoms with E-state index in [1.807, 2.05) is 20.8 Å². The number of hydrogen-bond donors (Lipinski definition) is 1. The third-order valence-electron chi connectivity index (χ3n) is 2.17. The van der Waals surface area contributed by atoms with Crippen LogP contribution in [0, 0.1) is 5.92 Å². The van der Waals surface area contributed by atoms with Crippen LogP contribution in [0.15, 0.2) is 9.90 Å². The van der Waals surface area contributed by atoms with Gasteiger partial charge in [0.15, 0.2) is 5.82 Å². The molecule has 1 rings (SSSR count). The van der Waals surface area contributed by atoms with Crippen LogP contribution in [0.4, 0.5) is 0 Å². The molecule has 0 aromatic carbocycles. The van der Waals surface area contributed by atoms with Crippen molar-refractivity contribution >= 4 is 5.71 Å². The smallest absolute Gasteiger partial charge is 0.244 e. The molecule has 0 bridgehead atoms. The second-order valence-corrected chi connectivity index (χ2v) is 4.79. The van der Waals surface area contributed by atoms with E-state index in [-0.39, 0.29) is 11.6 Å². The molecule has 16 heavy (non-hydrogen) atoms. The van der Waals surface area contributed by atoms with Crippen LogP contribution in [-0.2, 0) is 0 Å². The fourth-order valence-electron chi connectivity index (χ4n) is 1.58. The summed E-state index contributed by atoms with van der Waals surface area (Å²) >= 11 is 0. The van der Waals surface area contributed by atoms with Gasteiger partial charge in [-0.15, -0.1) is 0 Å². The first-order chi connectivity index (χ1) is 7.41. The molecule has 0 atom stereocenters. The second-order valence-electron chi connectivity index (χ2n) is 4.79. The first-order valence-electron chi connectivity index (χ1n) is 5.63. The Morgan fingerprint density at radius 2 is 2.06 bits per heavy atom. The standard InChI is InChI=1S/C11H20N4O/c1-7(2)6-9(5)14-15-10(8(3)4)12-13-11(15)16/h7-8H,6H2,1-5H3,(H,13,16). The van der Waals surface area contributed by atoms with Crippen molar-refractivity contribution in [3.05, 3.63) is 16.3 Å². The molecule has 0 unspecified atom stereocenters. The summed E-state index contributed by atoms with van der Waals surface area (Å²) in [6, 6.07) is 0. The van der Waals surface area contributed by atoms with Crippen LogP contribution in [0.3, 0.4) is 0 Å². The molecule has 0 spiro atoms. The Balaban J connectivity index is 3.04. The Bertz CT molecular complexity index is 425.